The number of amides is 1. The summed E-state index contributed by atoms with van der Waals surface area (Å²) in [5.41, 5.74) is -0.420. The predicted octanol–water partition coefficient (Wildman–Crippen LogP) is 2.76. The van der Waals surface area contributed by atoms with E-state index in [-0.39, 0.29) is 11.8 Å². The highest BCUT2D eigenvalue weighted by molar-refractivity contribution is 5.94. The van der Waals surface area contributed by atoms with E-state index in [1.54, 1.807) is 29.2 Å². The molecule has 0 saturated carbocycles. The van der Waals surface area contributed by atoms with Gasteiger partial charge in [-0.25, -0.2) is 14.6 Å². The van der Waals surface area contributed by atoms with Crippen LogP contribution in [-0.4, -0.2) is 38.7 Å². The van der Waals surface area contributed by atoms with Crippen LogP contribution >= 0.6 is 0 Å². The Morgan fingerprint density at radius 2 is 1.82 bits per heavy atom. The Morgan fingerprint density at radius 1 is 1.11 bits per heavy atom. The first kappa shape index (κ1) is 18.0. The van der Waals surface area contributed by atoms with Gasteiger partial charge in [0.05, 0.1) is 11.5 Å². The summed E-state index contributed by atoms with van der Waals surface area (Å²) in [6, 6.07) is 7.95. The summed E-state index contributed by atoms with van der Waals surface area (Å²) >= 11 is 0. The molecule has 10 heteroatoms. The average molecular weight is 388 g/mol. The van der Waals surface area contributed by atoms with Crippen molar-refractivity contribution in [2.45, 2.75) is 6.18 Å². The average Bonchev–Trinajstić information content (AvgIpc) is 3.15. The summed E-state index contributed by atoms with van der Waals surface area (Å²) in [6.45, 7) is 0.921. The summed E-state index contributed by atoms with van der Waals surface area (Å²) in [6.07, 6.45) is 0.446. The molecule has 4 rings (SSSR count). The Morgan fingerprint density at radius 3 is 2.46 bits per heavy atom. The fourth-order valence-electron chi connectivity index (χ4n) is 2.86. The van der Waals surface area contributed by atoms with Crippen molar-refractivity contribution in [2.75, 3.05) is 23.3 Å². The number of benzene rings is 1. The second-order valence-electron chi connectivity index (χ2n) is 6.35. The maximum Gasteiger partial charge on any atom is 0.416 e. The van der Waals surface area contributed by atoms with E-state index in [4.69, 9.17) is 0 Å². The third kappa shape index (κ3) is 3.66. The third-order valence-corrected chi connectivity index (χ3v) is 4.43. The minimum absolute atomic E-state index is 0.239. The van der Waals surface area contributed by atoms with Gasteiger partial charge in [0.25, 0.3) is 0 Å². The van der Waals surface area contributed by atoms with Crippen molar-refractivity contribution in [3.8, 4) is 5.82 Å². The van der Waals surface area contributed by atoms with Crippen LogP contribution in [0, 0.1) is 5.92 Å². The van der Waals surface area contributed by atoms with Crippen LogP contribution in [0.15, 0.2) is 55.1 Å². The lowest BCUT2D eigenvalue weighted by Gasteiger charge is -2.39. The van der Waals surface area contributed by atoms with E-state index in [1.807, 2.05) is 4.90 Å². The highest BCUT2D eigenvalue weighted by Gasteiger charge is 2.34. The Bertz CT molecular complexity index is 966. The Balaban J connectivity index is 1.35. The molecule has 3 aromatic rings. The summed E-state index contributed by atoms with van der Waals surface area (Å²) in [4.78, 5) is 22.6. The molecule has 1 aliphatic heterocycles. The largest absolute Gasteiger partial charge is 0.416 e. The van der Waals surface area contributed by atoms with Crippen molar-refractivity contribution < 1.29 is 18.0 Å². The number of carbonyl (C=O) groups excluding carboxylic acids is 1. The zero-order valence-electron chi connectivity index (χ0n) is 14.5. The quantitative estimate of drug-likeness (QED) is 0.744. The first-order chi connectivity index (χ1) is 13.4. The van der Waals surface area contributed by atoms with Crippen LogP contribution in [0.4, 0.5) is 24.7 Å². The topological polar surface area (TPSA) is 75.9 Å². The number of rotatable bonds is 4. The number of anilines is 2. The van der Waals surface area contributed by atoms with Crippen LogP contribution in [0.3, 0.4) is 0 Å². The molecule has 0 radical (unpaired) electrons. The van der Waals surface area contributed by atoms with Crippen LogP contribution in [0.1, 0.15) is 5.56 Å². The van der Waals surface area contributed by atoms with Gasteiger partial charge in [-0.15, -0.1) is 0 Å². The fraction of sp³-hybridized carbons (Fsp3) is 0.222. The van der Waals surface area contributed by atoms with E-state index in [1.165, 1.54) is 18.5 Å². The highest BCUT2D eigenvalue weighted by Crippen LogP contribution is 2.30. The van der Waals surface area contributed by atoms with Crippen molar-refractivity contribution in [2.24, 2.45) is 5.92 Å². The van der Waals surface area contributed by atoms with Gasteiger partial charge in [0.1, 0.15) is 12.1 Å². The first-order valence-corrected chi connectivity index (χ1v) is 8.45. The SMILES string of the molecule is O=C(Nc1ccc(C(F)(F)F)cc1)C1CN(c2cc(-n3cccn3)ncn2)C1. The molecule has 144 valence electrons. The molecule has 0 spiro atoms. The molecule has 0 atom stereocenters. The number of alkyl halides is 3. The Hall–Kier alpha value is -3.43. The summed E-state index contributed by atoms with van der Waals surface area (Å²) in [5, 5.41) is 6.76. The smallest absolute Gasteiger partial charge is 0.355 e. The van der Waals surface area contributed by atoms with Gasteiger partial charge in [-0.1, -0.05) is 0 Å². The maximum atomic E-state index is 12.6. The molecule has 28 heavy (non-hydrogen) atoms. The lowest BCUT2D eigenvalue weighted by Crippen LogP contribution is -2.52. The van der Waals surface area contributed by atoms with Crippen LogP contribution in [0.25, 0.3) is 5.82 Å². The zero-order chi connectivity index (χ0) is 19.7. The molecule has 0 bridgehead atoms. The van der Waals surface area contributed by atoms with Crippen LogP contribution in [0.5, 0.6) is 0 Å². The normalized spacial score (nSPS) is 14.6. The number of hydrogen-bond donors (Lipinski definition) is 1. The highest BCUT2D eigenvalue weighted by atomic mass is 19.4. The second kappa shape index (κ2) is 6.95. The Labute approximate surface area is 157 Å². The van der Waals surface area contributed by atoms with Gasteiger partial charge in [0, 0.05) is 37.2 Å². The molecule has 1 N–H and O–H groups in total. The summed E-state index contributed by atoms with van der Waals surface area (Å²) < 4.78 is 39.4. The molecular formula is C18H15F3N6O. The molecule has 0 aliphatic carbocycles. The van der Waals surface area contributed by atoms with E-state index >= 15 is 0 Å². The Kier molecular flexibility index (Phi) is 4.46. The second-order valence-corrected chi connectivity index (χ2v) is 6.35. The van der Waals surface area contributed by atoms with Gasteiger partial charge in [-0.05, 0) is 30.3 Å². The standard InChI is InChI=1S/C18H15F3N6O/c19-18(20,21)13-2-4-14(5-3-13)25-17(28)12-9-26(10-12)15-8-16(23-11-22-15)27-7-1-6-24-27/h1-8,11-12H,9-10H2,(H,25,28). The summed E-state index contributed by atoms with van der Waals surface area (Å²) in [5.74, 6) is 0.787. The van der Waals surface area contributed by atoms with E-state index in [0.29, 0.717) is 30.4 Å². The van der Waals surface area contributed by atoms with Crippen molar-refractivity contribution in [3.05, 3.63) is 60.7 Å². The molecule has 1 fully saturated rings. The number of nitrogens with zero attached hydrogens (tertiary/aromatic N) is 5. The van der Waals surface area contributed by atoms with E-state index in [9.17, 15) is 18.0 Å². The van der Waals surface area contributed by atoms with Crippen LogP contribution in [0.2, 0.25) is 0 Å². The van der Waals surface area contributed by atoms with Gasteiger partial charge in [0.2, 0.25) is 5.91 Å². The minimum atomic E-state index is -4.40. The number of carbonyl (C=O) groups is 1. The van der Waals surface area contributed by atoms with Crippen molar-refractivity contribution in [1.82, 2.24) is 19.7 Å². The van der Waals surface area contributed by atoms with Gasteiger partial charge in [0.15, 0.2) is 5.82 Å². The zero-order valence-corrected chi connectivity index (χ0v) is 14.5. The predicted molar refractivity (Wildman–Crippen MR) is 94.9 cm³/mol. The molecule has 3 heterocycles. The number of hydrogen-bond acceptors (Lipinski definition) is 5. The molecule has 7 nitrogen and oxygen atoms in total. The van der Waals surface area contributed by atoms with E-state index in [0.717, 1.165) is 12.1 Å². The lowest BCUT2D eigenvalue weighted by molar-refractivity contribution is -0.137. The lowest BCUT2D eigenvalue weighted by atomic mass is 9.99. The van der Waals surface area contributed by atoms with E-state index < -0.39 is 11.7 Å². The fourth-order valence-corrected chi connectivity index (χ4v) is 2.86. The molecule has 0 unspecified atom stereocenters. The number of aromatic nitrogens is 4. The molecule has 1 amide bonds. The number of nitrogens with one attached hydrogen (secondary N) is 1. The van der Waals surface area contributed by atoms with Crippen molar-refractivity contribution >= 4 is 17.4 Å². The first-order valence-electron chi connectivity index (χ1n) is 8.45. The molecular weight excluding hydrogens is 373 g/mol. The molecule has 1 aromatic carbocycles. The van der Waals surface area contributed by atoms with Crippen LogP contribution < -0.4 is 10.2 Å². The molecule has 1 saturated heterocycles. The number of halogens is 3. The molecule has 1 aliphatic rings. The molecule has 2 aromatic heterocycles. The van der Waals surface area contributed by atoms with E-state index in [2.05, 4.69) is 20.4 Å². The summed E-state index contributed by atoms with van der Waals surface area (Å²) in [7, 11) is 0. The van der Waals surface area contributed by atoms with Gasteiger partial charge < -0.3 is 10.2 Å². The van der Waals surface area contributed by atoms with Gasteiger partial charge in [-0.2, -0.15) is 18.3 Å². The maximum absolute atomic E-state index is 12.6. The minimum Gasteiger partial charge on any atom is -0.355 e. The monoisotopic (exact) mass is 388 g/mol. The van der Waals surface area contributed by atoms with Crippen molar-refractivity contribution in [3.63, 3.8) is 0 Å². The van der Waals surface area contributed by atoms with Crippen LogP contribution in [-0.2, 0) is 11.0 Å². The third-order valence-electron chi connectivity index (χ3n) is 4.43. The van der Waals surface area contributed by atoms with Gasteiger partial charge in [-0.3, -0.25) is 4.79 Å². The van der Waals surface area contributed by atoms with Gasteiger partial charge >= 0.3 is 6.18 Å². The van der Waals surface area contributed by atoms with Crippen molar-refractivity contribution in [1.29, 1.82) is 0 Å².